The van der Waals surface area contributed by atoms with Gasteiger partial charge in [0.05, 0.1) is 11.9 Å². The van der Waals surface area contributed by atoms with Crippen LogP contribution in [0.3, 0.4) is 0 Å². The molecule has 0 heterocycles. The van der Waals surface area contributed by atoms with Gasteiger partial charge in [-0.3, -0.25) is 13.9 Å². The molecule has 202 valence electrons. The van der Waals surface area contributed by atoms with Crippen molar-refractivity contribution < 1.29 is 18.0 Å². The van der Waals surface area contributed by atoms with Gasteiger partial charge in [0.25, 0.3) is 0 Å². The van der Waals surface area contributed by atoms with Gasteiger partial charge in [0, 0.05) is 35.6 Å². The van der Waals surface area contributed by atoms with Gasteiger partial charge in [0.1, 0.15) is 6.04 Å². The molecule has 1 atom stereocenters. The predicted molar refractivity (Wildman–Crippen MR) is 149 cm³/mol. The fourth-order valence-corrected chi connectivity index (χ4v) is 6.05. The summed E-state index contributed by atoms with van der Waals surface area (Å²) in [7, 11) is -3.60. The van der Waals surface area contributed by atoms with Gasteiger partial charge < -0.3 is 10.2 Å². The van der Waals surface area contributed by atoms with Crippen LogP contribution in [0.5, 0.6) is 0 Å². The molecular weight excluding hydrogens is 533 g/mol. The highest BCUT2D eigenvalue weighted by molar-refractivity contribution is 7.92. The number of sulfonamides is 1. The molecule has 3 rings (SSSR count). The second-order valence-electron chi connectivity index (χ2n) is 9.64. The number of hydrogen-bond acceptors (Lipinski definition) is 4. The van der Waals surface area contributed by atoms with Gasteiger partial charge in [0.2, 0.25) is 21.8 Å². The molecule has 0 bridgehead atoms. The quantitative estimate of drug-likeness (QED) is 0.398. The van der Waals surface area contributed by atoms with E-state index in [1.807, 2.05) is 6.07 Å². The Morgan fingerprint density at radius 3 is 2.43 bits per heavy atom. The first kappa shape index (κ1) is 29.3. The van der Waals surface area contributed by atoms with E-state index in [0.717, 1.165) is 37.5 Å². The van der Waals surface area contributed by atoms with Crippen molar-refractivity contribution in [2.24, 2.45) is 0 Å². The van der Waals surface area contributed by atoms with E-state index in [4.69, 9.17) is 23.2 Å². The zero-order chi connectivity index (χ0) is 27.2. The van der Waals surface area contributed by atoms with Gasteiger partial charge in [-0.25, -0.2) is 8.42 Å². The summed E-state index contributed by atoms with van der Waals surface area (Å²) in [5.74, 6) is -0.417. The lowest BCUT2D eigenvalue weighted by Crippen LogP contribution is -2.49. The lowest BCUT2D eigenvalue weighted by atomic mass is 10.1. The first-order valence-corrected chi connectivity index (χ1v) is 15.1. The number of carbonyl (C=O) groups is 2. The minimum Gasteiger partial charge on any atom is -0.352 e. The standard InChI is InChI=1S/C27H35Cl2N3O4S/c1-19-24(29)13-7-14-25(19)32(37(3,35)36)16-8-15-26(33)31(18-21-9-6-10-22(28)17-21)20(2)27(34)30-23-11-4-5-12-23/h6-7,9-10,13-14,17,20,23H,4-5,8,11-12,15-16,18H2,1-3H3,(H,30,34)/t20-/m0/s1. The van der Waals surface area contributed by atoms with Crippen LogP contribution >= 0.6 is 23.2 Å². The van der Waals surface area contributed by atoms with Crippen LogP contribution in [0.25, 0.3) is 0 Å². The molecule has 0 spiro atoms. The molecule has 0 aromatic heterocycles. The van der Waals surface area contributed by atoms with E-state index < -0.39 is 16.1 Å². The second kappa shape index (κ2) is 13.0. The van der Waals surface area contributed by atoms with Crippen LogP contribution in [-0.2, 0) is 26.2 Å². The van der Waals surface area contributed by atoms with Crippen molar-refractivity contribution in [1.29, 1.82) is 0 Å². The highest BCUT2D eigenvalue weighted by Crippen LogP contribution is 2.28. The number of anilines is 1. The Kier molecular flexibility index (Phi) is 10.3. The van der Waals surface area contributed by atoms with Crippen LogP contribution in [0.15, 0.2) is 42.5 Å². The number of hydrogen-bond donors (Lipinski definition) is 1. The van der Waals surface area contributed by atoms with Gasteiger partial charge in [-0.05, 0) is 68.5 Å². The number of benzene rings is 2. The fraction of sp³-hybridized carbons (Fsp3) is 0.481. The maximum atomic E-state index is 13.4. The average molecular weight is 569 g/mol. The number of amides is 2. The summed E-state index contributed by atoms with van der Waals surface area (Å²) in [6.45, 7) is 3.82. The summed E-state index contributed by atoms with van der Waals surface area (Å²) in [5.41, 5.74) is 1.96. The summed E-state index contributed by atoms with van der Waals surface area (Å²) >= 11 is 12.4. The molecule has 1 aliphatic rings. The first-order chi connectivity index (χ1) is 17.5. The van der Waals surface area contributed by atoms with Crippen molar-refractivity contribution in [3.8, 4) is 0 Å². The summed E-state index contributed by atoms with van der Waals surface area (Å²) < 4.78 is 26.4. The smallest absolute Gasteiger partial charge is 0.242 e. The minimum atomic E-state index is -3.60. The van der Waals surface area contributed by atoms with E-state index in [2.05, 4.69) is 5.32 Å². The molecule has 7 nitrogen and oxygen atoms in total. The van der Waals surface area contributed by atoms with Crippen molar-refractivity contribution in [3.05, 3.63) is 63.6 Å². The van der Waals surface area contributed by atoms with E-state index in [9.17, 15) is 18.0 Å². The van der Waals surface area contributed by atoms with Crippen molar-refractivity contribution in [1.82, 2.24) is 10.2 Å². The monoisotopic (exact) mass is 567 g/mol. The normalized spacial score (nSPS) is 14.8. The molecule has 0 unspecified atom stereocenters. The van der Waals surface area contributed by atoms with Crippen LogP contribution in [0.4, 0.5) is 5.69 Å². The number of nitrogens with zero attached hydrogens (tertiary/aromatic N) is 2. The number of carbonyl (C=O) groups excluding carboxylic acids is 2. The fourth-order valence-electron chi connectivity index (χ4n) is 4.66. The number of rotatable bonds is 11. The molecular formula is C27H35Cl2N3O4S. The third kappa shape index (κ3) is 8.09. The third-order valence-corrected chi connectivity index (χ3v) is 8.60. The van der Waals surface area contributed by atoms with E-state index in [1.54, 1.807) is 55.1 Å². The highest BCUT2D eigenvalue weighted by atomic mass is 35.5. The molecule has 1 N–H and O–H groups in total. The lowest BCUT2D eigenvalue weighted by molar-refractivity contribution is -0.141. The molecule has 0 radical (unpaired) electrons. The largest absolute Gasteiger partial charge is 0.352 e. The SMILES string of the molecule is Cc1c(Cl)cccc1N(CCCC(=O)N(Cc1cccc(Cl)c1)[C@@H](C)C(=O)NC1CCCC1)S(C)(=O)=O. The Hall–Kier alpha value is -2.29. The Balaban J connectivity index is 1.74. The van der Waals surface area contributed by atoms with E-state index >= 15 is 0 Å². The molecule has 1 fully saturated rings. The molecule has 37 heavy (non-hydrogen) atoms. The van der Waals surface area contributed by atoms with Crippen LogP contribution < -0.4 is 9.62 Å². The predicted octanol–water partition coefficient (Wildman–Crippen LogP) is 5.32. The molecule has 2 aromatic rings. The Bertz CT molecular complexity index is 1220. The van der Waals surface area contributed by atoms with Crippen molar-refractivity contribution in [2.45, 2.75) is 71.0 Å². The average Bonchev–Trinajstić information content (AvgIpc) is 3.34. The minimum absolute atomic E-state index is 0.0766. The Morgan fingerprint density at radius 1 is 1.11 bits per heavy atom. The summed E-state index contributed by atoms with van der Waals surface area (Å²) in [6, 6.07) is 11.8. The van der Waals surface area contributed by atoms with Crippen LogP contribution in [0, 0.1) is 6.92 Å². The van der Waals surface area contributed by atoms with E-state index in [1.165, 1.54) is 4.31 Å². The molecule has 1 saturated carbocycles. The maximum absolute atomic E-state index is 13.4. The molecule has 0 aliphatic heterocycles. The van der Waals surface area contributed by atoms with Crippen LogP contribution in [-0.4, -0.2) is 50.0 Å². The van der Waals surface area contributed by atoms with Crippen LogP contribution in [0.2, 0.25) is 10.0 Å². The van der Waals surface area contributed by atoms with Gasteiger partial charge in [-0.1, -0.05) is 54.2 Å². The molecule has 2 aromatic carbocycles. The molecule has 1 aliphatic carbocycles. The van der Waals surface area contributed by atoms with Crippen molar-refractivity contribution in [3.63, 3.8) is 0 Å². The van der Waals surface area contributed by atoms with Crippen LogP contribution in [0.1, 0.15) is 56.6 Å². The Morgan fingerprint density at radius 2 is 1.78 bits per heavy atom. The summed E-state index contributed by atoms with van der Waals surface area (Å²) in [5, 5.41) is 4.10. The third-order valence-electron chi connectivity index (χ3n) is 6.77. The van der Waals surface area contributed by atoms with Gasteiger partial charge in [-0.15, -0.1) is 0 Å². The van der Waals surface area contributed by atoms with Gasteiger partial charge in [-0.2, -0.15) is 0 Å². The second-order valence-corrected chi connectivity index (χ2v) is 12.4. The first-order valence-electron chi connectivity index (χ1n) is 12.5. The van der Waals surface area contributed by atoms with Crippen molar-refractivity contribution >= 4 is 50.7 Å². The van der Waals surface area contributed by atoms with Gasteiger partial charge >= 0.3 is 0 Å². The Labute approximate surface area is 230 Å². The molecule has 0 saturated heterocycles. The van der Waals surface area contributed by atoms with E-state index in [0.29, 0.717) is 21.3 Å². The van der Waals surface area contributed by atoms with Crippen molar-refractivity contribution in [2.75, 3.05) is 17.1 Å². The van der Waals surface area contributed by atoms with E-state index in [-0.39, 0.29) is 43.8 Å². The maximum Gasteiger partial charge on any atom is 0.242 e. The highest BCUT2D eigenvalue weighted by Gasteiger charge is 2.29. The topological polar surface area (TPSA) is 86.8 Å². The number of nitrogens with one attached hydrogen (secondary N) is 1. The lowest BCUT2D eigenvalue weighted by Gasteiger charge is -2.30. The number of halogens is 2. The summed E-state index contributed by atoms with van der Waals surface area (Å²) in [4.78, 5) is 28.0. The zero-order valence-electron chi connectivity index (χ0n) is 21.5. The molecule has 10 heteroatoms. The molecule has 2 amide bonds. The zero-order valence-corrected chi connectivity index (χ0v) is 23.9. The summed E-state index contributed by atoms with van der Waals surface area (Å²) in [6.07, 6.45) is 5.57. The van der Waals surface area contributed by atoms with Gasteiger partial charge in [0.15, 0.2) is 0 Å².